The number of rotatable bonds is 2. The third-order valence-electron chi connectivity index (χ3n) is 4.43. The van der Waals surface area contributed by atoms with E-state index in [1.807, 2.05) is 0 Å². The molecule has 2 unspecified atom stereocenters. The highest BCUT2D eigenvalue weighted by Crippen LogP contribution is 2.30. The molecule has 0 amide bonds. The summed E-state index contributed by atoms with van der Waals surface area (Å²) in [4.78, 5) is 2.68. The standard InChI is InChI=1S/C14H28N2/c1-12-6-4-5-7-13(12)10-16-9-8-15-14(2,3)11-16/h12-13,15H,4-11H2,1-3H3. The summed E-state index contributed by atoms with van der Waals surface area (Å²) in [7, 11) is 0. The molecule has 1 aliphatic heterocycles. The Morgan fingerprint density at radius 1 is 1.25 bits per heavy atom. The van der Waals surface area contributed by atoms with Crippen LogP contribution in [0.1, 0.15) is 46.5 Å². The first-order valence-electron chi connectivity index (χ1n) is 7.04. The lowest BCUT2D eigenvalue weighted by molar-refractivity contribution is 0.105. The van der Waals surface area contributed by atoms with E-state index in [1.54, 1.807) is 0 Å². The zero-order valence-electron chi connectivity index (χ0n) is 11.3. The van der Waals surface area contributed by atoms with Gasteiger partial charge in [0.15, 0.2) is 0 Å². The molecule has 1 N–H and O–H groups in total. The van der Waals surface area contributed by atoms with Gasteiger partial charge in [0.2, 0.25) is 0 Å². The van der Waals surface area contributed by atoms with Gasteiger partial charge in [-0.1, -0.05) is 26.2 Å². The Hall–Kier alpha value is -0.0800. The maximum Gasteiger partial charge on any atom is 0.0252 e. The summed E-state index contributed by atoms with van der Waals surface area (Å²) in [5.41, 5.74) is 0.316. The van der Waals surface area contributed by atoms with Crippen molar-refractivity contribution in [2.24, 2.45) is 11.8 Å². The van der Waals surface area contributed by atoms with E-state index in [1.165, 1.54) is 45.3 Å². The zero-order valence-corrected chi connectivity index (χ0v) is 11.3. The first-order valence-corrected chi connectivity index (χ1v) is 7.04. The Morgan fingerprint density at radius 3 is 2.69 bits per heavy atom. The van der Waals surface area contributed by atoms with Crippen molar-refractivity contribution in [3.8, 4) is 0 Å². The van der Waals surface area contributed by atoms with Crippen LogP contribution in [0, 0.1) is 11.8 Å². The van der Waals surface area contributed by atoms with Gasteiger partial charge < -0.3 is 5.32 Å². The molecule has 0 spiro atoms. The predicted octanol–water partition coefficient (Wildman–Crippen LogP) is 2.50. The third kappa shape index (κ3) is 3.21. The van der Waals surface area contributed by atoms with Gasteiger partial charge in [0.1, 0.15) is 0 Å². The van der Waals surface area contributed by atoms with Gasteiger partial charge in [-0.25, -0.2) is 0 Å². The van der Waals surface area contributed by atoms with Crippen molar-refractivity contribution in [2.75, 3.05) is 26.2 Å². The van der Waals surface area contributed by atoms with Gasteiger partial charge in [-0.2, -0.15) is 0 Å². The second-order valence-electron chi connectivity index (χ2n) is 6.57. The van der Waals surface area contributed by atoms with Gasteiger partial charge in [0.05, 0.1) is 0 Å². The van der Waals surface area contributed by atoms with Gasteiger partial charge in [0.25, 0.3) is 0 Å². The average molecular weight is 224 g/mol. The molecule has 1 heterocycles. The minimum Gasteiger partial charge on any atom is -0.309 e. The van der Waals surface area contributed by atoms with Crippen LogP contribution in [0.25, 0.3) is 0 Å². The predicted molar refractivity (Wildman–Crippen MR) is 69.6 cm³/mol. The Labute approximate surface area is 101 Å². The second-order valence-corrected chi connectivity index (χ2v) is 6.57. The maximum absolute atomic E-state index is 3.60. The van der Waals surface area contributed by atoms with Gasteiger partial charge in [-0.3, -0.25) is 4.90 Å². The van der Waals surface area contributed by atoms with E-state index in [-0.39, 0.29) is 0 Å². The fourth-order valence-electron chi connectivity index (χ4n) is 3.40. The molecule has 0 aromatic heterocycles. The smallest absolute Gasteiger partial charge is 0.0252 e. The lowest BCUT2D eigenvalue weighted by Crippen LogP contribution is -2.57. The van der Waals surface area contributed by atoms with Crippen molar-refractivity contribution in [1.29, 1.82) is 0 Å². The summed E-state index contributed by atoms with van der Waals surface area (Å²) in [6.45, 7) is 12.1. The molecule has 0 radical (unpaired) electrons. The van der Waals surface area contributed by atoms with E-state index in [9.17, 15) is 0 Å². The van der Waals surface area contributed by atoms with E-state index >= 15 is 0 Å². The Bertz CT molecular complexity index is 225. The molecule has 2 aliphatic rings. The van der Waals surface area contributed by atoms with E-state index in [4.69, 9.17) is 0 Å². The van der Waals surface area contributed by atoms with E-state index in [2.05, 4.69) is 31.0 Å². The lowest BCUT2D eigenvalue weighted by Gasteiger charge is -2.42. The van der Waals surface area contributed by atoms with Crippen molar-refractivity contribution in [3.05, 3.63) is 0 Å². The number of hydrogen-bond donors (Lipinski definition) is 1. The molecule has 2 atom stereocenters. The van der Waals surface area contributed by atoms with Crippen LogP contribution in [-0.4, -0.2) is 36.6 Å². The summed E-state index contributed by atoms with van der Waals surface area (Å²) in [5.74, 6) is 1.91. The second kappa shape index (κ2) is 5.05. The van der Waals surface area contributed by atoms with Gasteiger partial charge in [-0.05, 0) is 32.1 Å². The quantitative estimate of drug-likeness (QED) is 0.775. The van der Waals surface area contributed by atoms with Crippen molar-refractivity contribution in [3.63, 3.8) is 0 Å². The van der Waals surface area contributed by atoms with E-state index in [0.717, 1.165) is 18.4 Å². The van der Waals surface area contributed by atoms with Crippen LogP contribution >= 0.6 is 0 Å². The monoisotopic (exact) mass is 224 g/mol. The maximum atomic E-state index is 3.60. The largest absolute Gasteiger partial charge is 0.309 e. The molecule has 94 valence electrons. The highest BCUT2D eigenvalue weighted by atomic mass is 15.2. The normalized spacial score (nSPS) is 36.2. The number of nitrogens with one attached hydrogen (secondary N) is 1. The van der Waals surface area contributed by atoms with Crippen LogP contribution in [0.4, 0.5) is 0 Å². The number of piperazine rings is 1. The minimum atomic E-state index is 0.316. The minimum absolute atomic E-state index is 0.316. The Kier molecular flexibility index (Phi) is 3.91. The summed E-state index contributed by atoms with van der Waals surface area (Å²) >= 11 is 0. The molecule has 0 aromatic carbocycles. The van der Waals surface area contributed by atoms with Crippen LogP contribution in [0.15, 0.2) is 0 Å². The molecule has 16 heavy (non-hydrogen) atoms. The third-order valence-corrected chi connectivity index (χ3v) is 4.43. The Morgan fingerprint density at radius 2 is 2.00 bits per heavy atom. The molecule has 1 saturated heterocycles. The van der Waals surface area contributed by atoms with Gasteiger partial charge in [-0.15, -0.1) is 0 Å². The Balaban J connectivity index is 1.84. The summed E-state index contributed by atoms with van der Waals surface area (Å²) in [5, 5.41) is 3.60. The SMILES string of the molecule is CC1CCCCC1CN1CCNC(C)(C)C1. The molecule has 2 rings (SSSR count). The molecule has 2 nitrogen and oxygen atoms in total. The molecular weight excluding hydrogens is 196 g/mol. The summed E-state index contributed by atoms with van der Waals surface area (Å²) in [6, 6.07) is 0. The van der Waals surface area contributed by atoms with Crippen molar-refractivity contribution < 1.29 is 0 Å². The summed E-state index contributed by atoms with van der Waals surface area (Å²) < 4.78 is 0. The topological polar surface area (TPSA) is 15.3 Å². The molecular formula is C14H28N2. The highest BCUT2D eigenvalue weighted by molar-refractivity contribution is 4.88. The first-order chi connectivity index (χ1) is 7.57. The number of hydrogen-bond acceptors (Lipinski definition) is 2. The fraction of sp³-hybridized carbons (Fsp3) is 1.00. The van der Waals surface area contributed by atoms with Crippen LogP contribution in [0.5, 0.6) is 0 Å². The molecule has 0 aromatic rings. The molecule has 0 bridgehead atoms. The lowest BCUT2D eigenvalue weighted by atomic mass is 9.80. The van der Waals surface area contributed by atoms with Crippen molar-refractivity contribution in [1.82, 2.24) is 10.2 Å². The average Bonchev–Trinajstić information content (AvgIpc) is 2.20. The van der Waals surface area contributed by atoms with Crippen LogP contribution < -0.4 is 5.32 Å². The van der Waals surface area contributed by atoms with E-state index in [0.29, 0.717) is 5.54 Å². The van der Waals surface area contributed by atoms with Gasteiger partial charge >= 0.3 is 0 Å². The van der Waals surface area contributed by atoms with Crippen molar-refractivity contribution in [2.45, 2.75) is 52.0 Å². The summed E-state index contributed by atoms with van der Waals surface area (Å²) in [6.07, 6.45) is 5.85. The number of nitrogens with zero attached hydrogens (tertiary/aromatic N) is 1. The first kappa shape index (κ1) is 12.4. The van der Waals surface area contributed by atoms with Crippen molar-refractivity contribution >= 4 is 0 Å². The highest BCUT2D eigenvalue weighted by Gasteiger charge is 2.29. The molecule has 1 saturated carbocycles. The van der Waals surface area contributed by atoms with Crippen LogP contribution in [0.2, 0.25) is 0 Å². The molecule has 2 heteroatoms. The molecule has 1 aliphatic carbocycles. The van der Waals surface area contributed by atoms with E-state index < -0.39 is 0 Å². The van der Waals surface area contributed by atoms with Gasteiger partial charge in [0, 0.05) is 31.7 Å². The fourth-order valence-corrected chi connectivity index (χ4v) is 3.40. The van der Waals surface area contributed by atoms with Crippen LogP contribution in [-0.2, 0) is 0 Å². The molecule has 2 fully saturated rings. The van der Waals surface area contributed by atoms with Crippen LogP contribution in [0.3, 0.4) is 0 Å². The zero-order chi connectivity index (χ0) is 11.6.